The molecule has 0 spiro atoms. The van der Waals surface area contributed by atoms with Gasteiger partial charge in [0, 0.05) is 7.11 Å². The highest BCUT2D eigenvalue weighted by Crippen LogP contribution is 2.45. The summed E-state index contributed by atoms with van der Waals surface area (Å²) in [5.74, 6) is -0.0412. The lowest BCUT2D eigenvalue weighted by molar-refractivity contribution is -0.163. The van der Waals surface area contributed by atoms with Crippen molar-refractivity contribution in [2.24, 2.45) is 5.41 Å². The molecule has 0 heterocycles. The lowest BCUT2D eigenvalue weighted by Crippen LogP contribution is -2.40. The average Bonchev–Trinajstić information content (AvgIpc) is 2.74. The van der Waals surface area contributed by atoms with Crippen molar-refractivity contribution in [3.8, 4) is 0 Å². The molecule has 0 aromatic carbocycles. The Morgan fingerprint density at radius 1 is 1.35 bits per heavy atom. The fourth-order valence-electron chi connectivity index (χ4n) is 2.97. The van der Waals surface area contributed by atoms with Crippen LogP contribution in [0.2, 0.25) is 0 Å². The number of methoxy groups -OCH3 is 1. The molecule has 1 aliphatic rings. The van der Waals surface area contributed by atoms with Crippen molar-refractivity contribution in [3.05, 3.63) is 0 Å². The molecule has 0 N–H and O–H groups in total. The third kappa shape index (κ3) is 3.21. The minimum Gasteiger partial charge on any atom is -0.465 e. The first-order valence-corrected chi connectivity index (χ1v) is 6.91. The number of esters is 1. The summed E-state index contributed by atoms with van der Waals surface area (Å²) in [6.45, 7) is 4.51. The Kier molecular flexibility index (Phi) is 5.96. The van der Waals surface area contributed by atoms with Gasteiger partial charge in [-0.3, -0.25) is 4.79 Å². The van der Waals surface area contributed by atoms with Gasteiger partial charge in [0.15, 0.2) is 0 Å². The van der Waals surface area contributed by atoms with Crippen molar-refractivity contribution in [1.82, 2.24) is 0 Å². The van der Waals surface area contributed by atoms with Crippen molar-refractivity contribution in [2.75, 3.05) is 13.7 Å². The van der Waals surface area contributed by atoms with Gasteiger partial charge in [-0.1, -0.05) is 26.2 Å². The van der Waals surface area contributed by atoms with Crippen LogP contribution in [0, 0.1) is 5.41 Å². The van der Waals surface area contributed by atoms with Crippen molar-refractivity contribution in [3.63, 3.8) is 0 Å². The van der Waals surface area contributed by atoms with Gasteiger partial charge in [-0.05, 0) is 32.6 Å². The van der Waals surface area contributed by atoms with Gasteiger partial charge in [0.1, 0.15) is 0 Å². The summed E-state index contributed by atoms with van der Waals surface area (Å²) in [5, 5.41) is 0. The van der Waals surface area contributed by atoms with Gasteiger partial charge in [0.25, 0.3) is 0 Å². The van der Waals surface area contributed by atoms with Crippen molar-refractivity contribution in [1.29, 1.82) is 0 Å². The SMILES string of the molecule is CCCCCC1(C(=O)OCC)CCCC1OC. The third-order valence-electron chi connectivity index (χ3n) is 3.90. The number of hydrogen-bond donors (Lipinski definition) is 0. The predicted octanol–water partition coefficient (Wildman–Crippen LogP) is 3.32. The summed E-state index contributed by atoms with van der Waals surface area (Å²) in [6, 6.07) is 0. The van der Waals surface area contributed by atoms with E-state index in [9.17, 15) is 4.79 Å². The van der Waals surface area contributed by atoms with Crippen LogP contribution in [0.3, 0.4) is 0 Å². The standard InChI is InChI=1S/C14H26O3/c1-4-6-7-10-14(13(15)17-5-2)11-8-9-12(14)16-3/h12H,4-11H2,1-3H3. The van der Waals surface area contributed by atoms with Crippen molar-refractivity contribution >= 4 is 5.97 Å². The first-order chi connectivity index (χ1) is 8.21. The molecule has 0 amide bonds. The summed E-state index contributed by atoms with van der Waals surface area (Å²) >= 11 is 0. The van der Waals surface area contributed by atoms with Gasteiger partial charge >= 0.3 is 5.97 Å². The molecule has 100 valence electrons. The Labute approximate surface area is 105 Å². The van der Waals surface area contributed by atoms with Crippen LogP contribution in [-0.4, -0.2) is 25.8 Å². The Morgan fingerprint density at radius 3 is 2.71 bits per heavy atom. The molecule has 17 heavy (non-hydrogen) atoms. The zero-order valence-corrected chi connectivity index (χ0v) is 11.5. The fraction of sp³-hybridized carbons (Fsp3) is 0.929. The highest BCUT2D eigenvalue weighted by atomic mass is 16.5. The minimum absolute atomic E-state index is 0.0412. The van der Waals surface area contributed by atoms with E-state index in [1.54, 1.807) is 7.11 Å². The van der Waals surface area contributed by atoms with Crippen molar-refractivity contribution < 1.29 is 14.3 Å². The molecule has 0 aliphatic heterocycles. The van der Waals surface area contributed by atoms with E-state index >= 15 is 0 Å². The summed E-state index contributed by atoms with van der Waals surface area (Å²) in [6.07, 6.45) is 7.40. The second-order valence-electron chi connectivity index (χ2n) is 4.95. The Morgan fingerprint density at radius 2 is 2.12 bits per heavy atom. The Balaban J connectivity index is 2.72. The van der Waals surface area contributed by atoms with Gasteiger partial charge in [0.05, 0.1) is 18.1 Å². The number of carbonyl (C=O) groups is 1. The third-order valence-corrected chi connectivity index (χ3v) is 3.90. The number of rotatable bonds is 7. The zero-order chi connectivity index (χ0) is 12.7. The smallest absolute Gasteiger partial charge is 0.314 e. The molecule has 1 fully saturated rings. The normalized spacial score (nSPS) is 28.3. The highest BCUT2D eigenvalue weighted by molar-refractivity contribution is 5.78. The molecule has 0 aromatic heterocycles. The van der Waals surface area contributed by atoms with E-state index in [0.717, 1.165) is 32.1 Å². The molecule has 2 atom stereocenters. The van der Waals surface area contributed by atoms with Crippen LogP contribution in [0.4, 0.5) is 0 Å². The number of hydrogen-bond acceptors (Lipinski definition) is 3. The monoisotopic (exact) mass is 242 g/mol. The van der Waals surface area contributed by atoms with E-state index in [-0.39, 0.29) is 17.5 Å². The largest absolute Gasteiger partial charge is 0.465 e. The molecule has 1 aliphatic carbocycles. The van der Waals surface area contributed by atoms with Crippen LogP contribution in [0.15, 0.2) is 0 Å². The topological polar surface area (TPSA) is 35.5 Å². The van der Waals surface area contributed by atoms with Crippen LogP contribution in [0.25, 0.3) is 0 Å². The van der Waals surface area contributed by atoms with E-state index in [1.807, 2.05) is 6.92 Å². The Bertz CT molecular complexity index is 240. The van der Waals surface area contributed by atoms with Crippen LogP contribution < -0.4 is 0 Å². The first kappa shape index (κ1) is 14.5. The van der Waals surface area contributed by atoms with Gasteiger partial charge < -0.3 is 9.47 Å². The minimum atomic E-state index is -0.361. The van der Waals surface area contributed by atoms with Gasteiger partial charge in [-0.15, -0.1) is 0 Å². The molecule has 0 saturated heterocycles. The van der Waals surface area contributed by atoms with Crippen LogP contribution >= 0.6 is 0 Å². The molecule has 3 nitrogen and oxygen atoms in total. The predicted molar refractivity (Wildman–Crippen MR) is 67.9 cm³/mol. The maximum Gasteiger partial charge on any atom is 0.314 e. The average molecular weight is 242 g/mol. The molecule has 3 heteroatoms. The lowest BCUT2D eigenvalue weighted by atomic mass is 9.79. The van der Waals surface area contributed by atoms with E-state index in [4.69, 9.17) is 9.47 Å². The molecular weight excluding hydrogens is 216 g/mol. The summed E-state index contributed by atoms with van der Waals surface area (Å²) in [5.41, 5.74) is -0.361. The van der Waals surface area contributed by atoms with E-state index in [1.165, 1.54) is 12.8 Å². The van der Waals surface area contributed by atoms with Gasteiger partial charge in [0.2, 0.25) is 0 Å². The summed E-state index contributed by atoms with van der Waals surface area (Å²) in [4.78, 5) is 12.2. The van der Waals surface area contributed by atoms with Crippen molar-refractivity contribution in [2.45, 2.75) is 64.9 Å². The van der Waals surface area contributed by atoms with Crippen LogP contribution in [-0.2, 0) is 14.3 Å². The molecule has 0 aromatic rings. The second-order valence-corrected chi connectivity index (χ2v) is 4.95. The van der Waals surface area contributed by atoms with Gasteiger partial charge in [-0.25, -0.2) is 0 Å². The number of carbonyl (C=O) groups excluding carboxylic acids is 1. The quantitative estimate of drug-likeness (QED) is 0.507. The van der Waals surface area contributed by atoms with E-state index in [0.29, 0.717) is 6.61 Å². The van der Waals surface area contributed by atoms with E-state index in [2.05, 4.69) is 6.92 Å². The Hall–Kier alpha value is -0.570. The zero-order valence-electron chi connectivity index (χ0n) is 11.5. The molecule has 2 unspecified atom stereocenters. The second kappa shape index (κ2) is 7.00. The molecule has 1 saturated carbocycles. The molecular formula is C14H26O3. The number of unbranched alkanes of at least 4 members (excludes halogenated alkanes) is 2. The van der Waals surface area contributed by atoms with Crippen LogP contribution in [0.5, 0.6) is 0 Å². The maximum atomic E-state index is 12.2. The summed E-state index contributed by atoms with van der Waals surface area (Å²) < 4.78 is 10.8. The number of ether oxygens (including phenoxy) is 2. The van der Waals surface area contributed by atoms with Crippen LogP contribution in [0.1, 0.15) is 58.8 Å². The van der Waals surface area contributed by atoms with Gasteiger partial charge in [-0.2, -0.15) is 0 Å². The first-order valence-electron chi connectivity index (χ1n) is 6.91. The molecule has 0 bridgehead atoms. The maximum absolute atomic E-state index is 12.2. The lowest BCUT2D eigenvalue weighted by Gasteiger charge is -2.32. The molecule has 0 radical (unpaired) electrons. The summed E-state index contributed by atoms with van der Waals surface area (Å²) in [7, 11) is 1.71. The molecule has 1 rings (SSSR count). The highest BCUT2D eigenvalue weighted by Gasteiger charge is 2.49. The fourth-order valence-corrected chi connectivity index (χ4v) is 2.97. The van der Waals surface area contributed by atoms with E-state index < -0.39 is 0 Å².